The van der Waals surface area contributed by atoms with Crippen LogP contribution in [0.25, 0.3) is 0 Å². The number of hydrogen-bond acceptors (Lipinski definition) is 4. The predicted molar refractivity (Wildman–Crippen MR) is 120 cm³/mol. The van der Waals surface area contributed by atoms with Crippen LogP contribution in [0.4, 0.5) is 4.39 Å². The molecule has 1 heterocycles. The van der Waals surface area contributed by atoms with E-state index < -0.39 is 0 Å². The first-order valence-electron chi connectivity index (χ1n) is 9.35. The highest BCUT2D eigenvalue weighted by molar-refractivity contribution is 14.0. The number of guanidine groups is 1. The molecule has 7 nitrogen and oxygen atoms in total. The van der Waals surface area contributed by atoms with Gasteiger partial charge in [0.05, 0.1) is 0 Å². The second-order valence-corrected chi connectivity index (χ2v) is 6.10. The number of nitrogens with one attached hydrogen (secondary N) is 2. The Morgan fingerprint density at radius 3 is 2.68 bits per heavy atom. The summed E-state index contributed by atoms with van der Waals surface area (Å²) in [6, 6.07) is 6.58. The van der Waals surface area contributed by atoms with E-state index in [0.29, 0.717) is 19.7 Å². The Kier molecular flexibility index (Phi) is 12.4. The van der Waals surface area contributed by atoms with Gasteiger partial charge in [-0.1, -0.05) is 19.1 Å². The molecule has 156 valence electrons. The van der Waals surface area contributed by atoms with E-state index in [-0.39, 0.29) is 29.8 Å². The maximum Gasteiger partial charge on any atom is 0.191 e. The van der Waals surface area contributed by atoms with Gasteiger partial charge in [-0.2, -0.15) is 0 Å². The van der Waals surface area contributed by atoms with Crippen LogP contribution in [0.1, 0.15) is 24.7 Å². The van der Waals surface area contributed by atoms with Crippen LogP contribution in [0.2, 0.25) is 0 Å². The molecule has 9 heteroatoms. The maximum absolute atomic E-state index is 13.0. The summed E-state index contributed by atoms with van der Waals surface area (Å²) in [5.41, 5.74) is 1.08. The van der Waals surface area contributed by atoms with Crippen molar-refractivity contribution >= 4 is 29.9 Å². The van der Waals surface area contributed by atoms with Crippen LogP contribution in [-0.4, -0.2) is 54.1 Å². The third kappa shape index (κ3) is 8.96. The van der Waals surface area contributed by atoms with E-state index in [2.05, 4.69) is 32.7 Å². The summed E-state index contributed by atoms with van der Waals surface area (Å²) >= 11 is 0. The zero-order chi connectivity index (χ0) is 19.3. The van der Waals surface area contributed by atoms with Crippen LogP contribution < -0.4 is 10.6 Å². The Labute approximate surface area is 183 Å². The van der Waals surface area contributed by atoms with Crippen molar-refractivity contribution < 1.29 is 9.13 Å². The van der Waals surface area contributed by atoms with Gasteiger partial charge in [0.1, 0.15) is 18.0 Å². The number of rotatable bonds is 11. The summed E-state index contributed by atoms with van der Waals surface area (Å²) in [5.74, 6) is 1.52. The van der Waals surface area contributed by atoms with Crippen LogP contribution >= 0.6 is 24.0 Å². The lowest BCUT2D eigenvalue weighted by Gasteiger charge is -2.13. The number of aromatic nitrogens is 3. The van der Waals surface area contributed by atoms with Gasteiger partial charge < -0.3 is 19.9 Å². The van der Waals surface area contributed by atoms with Gasteiger partial charge in [-0.25, -0.2) is 4.39 Å². The molecule has 0 amide bonds. The van der Waals surface area contributed by atoms with Crippen molar-refractivity contribution in [2.24, 2.45) is 4.99 Å². The first kappa shape index (κ1) is 24.3. The van der Waals surface area contributed by atoms with Gasteiger partial charge in [-0.3, -0.25) is 4.99 Å². The van der Waals surface area contributed by atoms with Crippen LogP contribution in [-0.2, 0) is 24.1 Å². The minimum atomic E-state index is -0.214. The molecule has 0 fully saturated rings. The second-order valence-electron chi connectivity index (χ2n) is 6.10. The van der Waals surface area contributed by atoms with Crippen LogP contribution in [0.3, 0.4) is 0 Å². The Morgan fingerprint density at radius 1 is 1.21 bits per heavy atom. The average molecular weight is 504 g/mol. The Balaban J connectivity index is 0.00000392. The standard InChI is InChI=1S/C19H29FN6O.HI/c1-3-18-25-24-15-26(18)13-12-23-19(21-10-4-14-27-2)22-11-9-16-5-7-17(20)8-6-16;/h5-8,15H,3-4,9-14H2,1-2H3,(H2,21,22,23);1H. The van der Waals surface area contributed by atoms with Crippen LogP contribution in [0, 0.1) is 5.82 Å². The summed E-state index contributed by atoms with van der Waals surface area (Å²) < 4.78 is 20.1. The summed E-state index contributed by atoms with van der Waals surface area (Å²) in [7, 11) is 1.69. The molecule has 28 heavy (non-hydrogen) atoms. The number of halogens is 2. The molecule has 1 aromatic carbocycles. The van der Waals surface area contributed by atoms with Crippen molar-refractivity contribution in [3.8, 4) is 0 Å². The van der Waals surface area contributed by atoms with Gasteiger partial charge in [0, 0.05) is 46.3 Å². The van der Waals surface area contributed by atoms with Gasteiger partial charge in [0.25, 0.3) is 0 Å². The van der Waals surface area contributed by atoms with E-state index in [1.807, 2.05) is 4.57 Å². The summed E-state index contributed by atoms with van der Waals surface area (Å²) in [5, 5.41) is 14.7. The molecule has 0 spiro atoms. The van der Waals surface area contributed by atoms with E-state index in [1.54, 1.807) is 25.6 Å². The third-order valence-corrected chi connectivity index (χ3v) is 4.05. The molecular formula is C19H30FIN6O. The summed E-state index contributed by atoms with van der Waals surface area (Å²) in [4.78, 5) is 4.58. The molecule has 2 N–H and O–H groups in total. The number of aliphatic imine (C=N–C) groups is 1. The zero-order valence-electron chi connectivity index (χ0n) is 16.5. The highest BCUT2D eigenvalue weighted by atomic mass is 127. The number of benzene rings is 1. The van der Waals surface area contributed by atoms with Gasteiger partial charge in [-0.15, -0.1) is 34.2 Å². The largest absolute Gasteiger partial charge is 0.385 e. The fourth-order valence-corrected chi connectivity index (χ4v) is 2.58. The number of aryl methyl sites for hydroxylation is 1. The van der Waals surface area contributed by atoms with Gasteiger partial charge >= 0.3 is 0 Å². The van der Waals surface area contributed by atoms with Crippen molar-refractivity contribution in [2.45, 2.75) is 32.7 Å². The monoisotopic (exact) mass is 504 g/mol. The van der Waals surface area contributed by atoms with E-state index in [4.69, 9.17) is 4.74 Å². The first-order valence-corrected chi connectivity index (χ1v) is 9.35. The Morgan fingerprint density at radius 2 is 1.96 bits per heavy atom. The van der Waals surface area contributed by atoms with Crippen LogP contribution in [0.5, 0.6) is 0 Å². The first-order chi connectivity index (χ1) is 13.2. The minimum absolute atomic E-state index is 0. The highest BCUT2D eigenvalue weighted by Crippen LogP contribution is 2.02. The lowest BCUT2D eigenvalue weighted by atomic mass is 10.1. The predicted octanol–water partition coefficient (Wildman–Crippen LogP) is 2.41. The lowest BCUT2D eigenvalue weighted by Crippen LogP contribution is -2.40. The molecule has 2 rings (SSSR count). The molecule has 0 bridgehead atoms. The quantitative estimate of drug-likeness (QED) is 0.213. The van der Waals surface area contributed by atoms with Crippen molar-refractivity contribution in [1.29, 1.82) is 0 Å². The van der Waals surface area contributed by atoms with Crippen LogP contribution in [0.15, 0.2) is 35.6 Å². The third-order valence-electron chi connectivity index (χ3n) is 4.05. The number of ether oxygens (including phenoxy) is 1. The van der Waals surface area contributed by atoms with Gasteiger partial charge in [-0.05, 0) is 30.5 Å². The molecule has 0 saturated carbocycles. The molecule has 0 saturated heterocycles. The normalized spacial score (nSPS) is 11.2. The number of methoxy groups -OCH3 is 1. The van der Waals surface area contributed by atoms with Gasteiger partial charge in [0.2, 0.25) is 0 Å². The molecule has 0 aliphatic carbocycles. The van der Waals surface area contributed by atoms with E-state index >= 15 is 0 Å². The Bertz CT molecular complexity index is 692. The fourth-order valence-electron chi connectivity index (χ4n) is 2.58. The SMILES string of the molecule is CCc1nncn1CCNC(=NCCCOC)NCCc1ccc(F)cc1.I. The molecule has 0 radical (unpaired) electrons. The molecule has 0 aliphatic rings. The molecule has 1 aromatic heterocycles. The maximum atomic E-state index is 13.0. The fraction of sp³-hybridized carbons (Fsp3) is 0.526. The lowest BCUT2D eigenvalue weighted by molar-refractivity contribution is 0.197. The van der Waals surface area contributed by atoms with Crippen molar-refractivity contribution in [3.63, 3.8) is 0 Å². The van der Waals surface area contributed by atoms with Crippen molar-refractivity contribution in [2.75, 3.05) is 33.4 Å². The molecule has 0 atom stereocenters. The highest BCUT2D eigenvalue weighted by Gasteiger charge is 2.03. The molecular weight excluding hydrogens is 474 g/mol. The van der Waals surface area contributed by atoms with E-state index in [9.17, 15) is 4.39 Å². The number of nitrogens with zero attached hydrogens (tertiary/aromatic N) is 4. The Hall–Kier alpha value is -1.75. The molecule has 2 aromatic rings. The minimum Gasteiger partial charge on any atom is -0.385 e. The smallest absolute Gasteiger partial charge is 0.191 e. The van der Waals surface area contributed by atoms with E-state index in [1.165, 1.54) is 12.1 Å². The molecule has 0 unspecified atom stereocenters. The van der Waals surface area contributed by atoms with Crippen molar-refractivity contribution in [3.05, 3.63) is 47.8 Å². The molecule has 0 aliphatic heterocycles. The average Bonchev–Trinajstić information content (AvgIpc) is 3.14. The topological polar surface area (TPSA) is 76.4 Å². The van der Waals surface area contributed by atoms with E-state index in [0.717, 1.165) is 49.7 Å². The second kappa shape index (κ2) is 14.3. The zero-order valence-corrected chi connectivity index (χ0v) is 18.9. The summed E-state index contributed by atoms with van der Waals surface area (Å²) in [6.07, 6.45) is 4.27. The summed E-state index contributed by atoms with van der Waals surface area (Å²) in [6.45, 7) is 5.65. The number of hydrogen-bond donors (Lipinski definition) is 2. The van der Waals surface area contributed by atoms with Gasteiger partial charge in [0.15, 0.2) is 5.96 Å². The van der Waals surface area contributed by atoms with Crippen molar-refractivity contribution in [1.82, 2.24) is 25.4 Å².